The fourth-order valence-electron chi connectivity index (χ4n) is 2.41. The number of nitrogens with zero attached hydrogens (tertiary/aromatic N) is 1. The Balaban J connectivity index is 0.00000161. The molecule has 0 amide bonds. The number of aromatic nitrogens is 1. The van der Waals surface area contributed by atoms with Gasteiger partial charge in [-0.05, 0) is 43.0 Å². The van der Waals surface area contributed by atoms with Gasteiger partial charge in [-0.2, -0.15) is 0 Å². The molecule has 1 saturated carbocycles. The number of rotatable bonds is 5. The van der Waals surface area contributed by atoms with E-state index < -0.39 is 10.0 Å². The summed E-state index contributed by atoms with van der Waals surface area (Å²) in [6.07, 6.45) is 3.74. The Kier molecular flexibility index (Phi) is 4.83. The highest BCUT2D eigenvalue weighted by atomic mass is 35.5. The molecule has 1 heterocycles. The van der Waals surface area contributed by atoms with Crippen LogP contribution in [0.15, 0.2) is 41.4 Å². The number of sulfonamides is 1. The lowest BCUT2D eigenvalue weighted by Gasteiger charge is -2.17. The van der Waals surface area contributed by atoms with Crippen molar-refractivity contribution in [1.29, 1.82) is 0 Å². The van der Waals surface area contributed by atoms with Gasteiger partial charge in [-0.1, -0.05) is 6.07 Å². The van der Waals surface area contributed by atoms with Gasteiger partial charge in [0.05, 0.1) is 10.4 Å². The zero-order chi connectivity index (χ0) is 14.2. The number of fused-ring (bicyclic) bond motifs is 1. The molecule has 7 heteroatoms. The fourth-order valence-corrected chi connectivity index (χ4v) is 3.94. The number of halogens is 1. The van der Waals surface area contributed by atoms with Gasteiger partial charge in [0.2, 0.25) is 10.0 Å². The highest BCUT2D eigenvalue weighted by molar-refractivity contribution is 7.89. The van der Waals surface area contributed by atoms with Crippen LogP contribution in [0.2, 0.25) is 0 Å². The molecule has 1 unspecified atom stereocenters. The summed E-state index contributed by atoms with van der Waals surface area (Å²) < 4.78 is 27.8. The Hall–Kier alpha value is -1.21. The van der Waals surface area contributed by atoms with Crippen molar-refractivity contribution in [1.82, 2.24) is 9.71 Å². The molecule has 1 aromatic heterocycles. The minimum absolute atomic E-state index is 0. The molecule has 0 spiro atoms. The second kappa shape index (κ2) is 6.27. The largest absolute Gasteiger partial charge is 0.329 e. The molecule has 1 aromatic carbocycles. The quantitative estimate of drug-likeness (QED) is 0.874. The third kappa shape index (κ3) is 3.35. The highest BCUT2D eigenvalue weighted by Crippen LogP contribution is 2.33. The van der Waals surface area contributed by atoms with Crippen LogP contribution in [0.1, 0.15) is 12.8 Å². The predicted molar refractivity (Wildman–Crippen MR) is 84.9 cm³/mol. The third-order valence-corrected chi connectivity index (χ3v) is 5.19. The van der Waals surface area contributed by atoms with Gasteiger partial charge < -0.3 is 5.73 Å². The van der Waals surface area contributed by atoms with Crippen LogP contribution in [0, 0.1) is 5.92 Å². The summed E-state index contributed by atoms with van der Waals surface area (Å²) in [6, 6.07) is 8.45. The average Bonchev–Trinajstić information content (AvgIpc) is 3.29. The van der Waals surface area contributed by atoms with E-state index in [4.69, 9.17) is 5.73 Å². The van der Waals surface area contributed by atoms with Gasteiger partial charge in [0.25, 0.3) is 0 Å². The van der Waals surface area contributed by atoms with Gasteiger partial charge in [-0.3, -0.25) is 4.98 Å². The summed E-state index contributed by atoms with van der Waals surface area (Å²) in [6.45, 7) is 0.326. The van der Waals surface area contributed by atoms with Crippen LogP contribution >= 0.6 is 12.4 Å². The van der Waals surface area contributed by atoms with Gasteiger partial charge in [0.15, 0.2) is 0 Å². The topological polar surface area (TPSA) is 85.1 Å². The standard InChI is InChI=1S/C14H17N3O2S.ClH/c15-9-13(10-6-7-10)17-20(18,19)14-5-1-4-12-11(14)3-2-8-16-12;/h1-5,8,10,13,17H,6-7,9,15H2;1H. The molecule has 0 bridgehead atoms. The van der Waals surface area contributed by atoms with E-state index >= 15 is 0 Å². The van der Waals surface area contributed by atoms with Crippen LogP contribution in [-0.2, 0) is 10.0 Å². The highest BCUT2D eigenvalue weighted by Gasteiger charge is 2.33. The van der Waals surface area contributed by atoms with Crippen LogP contribution in [0.4, 0.5) is 0 Å². The molecule has 0 aliphatic heterocycles. The minimum Gasteiger partial charge on any atom is -0.329 e. The van der Waals surface area contributed by atoms with E-state index in [1.165, 1.54) is 0 Å². The number of pyridine rings is 1. The van der Waals surface area contributed by atoms with E-state index in [-0.39, 0.29) is 23.3 Å². The lowest BCUT2D eigenvalue weighted by molar-refractivity contribution is 0.519. The Bertz CT molecular complexity index is 727. The first-order valence-corrected chi connectivity index (χ1v) is 8.16. The van der Waals surface area contributed by atoms with Gasteiger partial charge in [-0.15, -0.1) is 12.4 Å². The van der Waals surface area contributed by atoms with Crippen molar-refractivity contribution in [3.8, 4) is 0 Å². The lowest BCUT2D eigenvalue weighted by atomic mass is 10.2. The first-order valence-electron chi connectivity index (χ1n) is 6.68. The van der Waals surface area contributed by atoms with Crippen molar-refractivity contribution in [2.75, 3.05) is 6.54 Å². The second-order valence-electron chi connectivity index (χ2n) is 5.13. The van der Waals surface area contributed by atoms with Crippen molar-refractivity contribution in [3.05, 3.63) is 36.5 Å². The molecule has 0 saturated heterocycles. The zero-order valence-corrected chi connectivity index (χ0v) is 13.0. The molecule has 1 aliphatic rings. The molecular formula is C14H18ClN3O2S. The van der Waals surface area contributed by atoms with Gasteiger partial charge >= 0.3 is 0 Å². The van der Waals surface area contributed by atoms with Crippen molar-refractivity contribution >= 4 is 33.3 Å². The van der Waals surface area contributed by atoms with Gasteiger partial charge in [0.1, 0.15) is 0 Å². The smallest absolute Gasteiger partial charge is 0.241 e. The SMILES string of the molecule is Cl.NCC(NS(=O)(=O)c1cccc2ncccc12)C1CC1. The Labute approximate surface area is 130 Å². The molecule has 21 heavy (non-hydrogen) atoms. The number of benzene rings is 1. The molecule has 1 fully saturated rings. The van der Waals surface area contributed by atoms with Crippen LogP contribution < -0.4 is 10.5 Å². The van der Waals surface area contributed by atoms with Gasteiger partial charge in [-0.25, -0.2) is 13.1 Å². The first-order chi connectivity index (χ1) is 9.62. The van der Waals surface area contributed by atoms with E-state index in [1.807, 2.05) is 0 Å². The molecule has 114 valence electrons. The summed E-state index contributed by atoms with van der Waals surface area (Å²) in [7, 11) is -3.57. The summed E-state index contributed by atoms with van der Waals surface area (Å²) >= 11 is 0. The third-order valence-electron chi connectivity index (χ3n) is 3.65. The first kappa shape index (κ1) is 16.2. The van der Waals surface area contributed by atoms with E-state index in [2.05, 4.69) is 9.71 Å². The summed E-state index contributed by atoms with van der Waals surface area (Å²) in [5.74, 6) is 0.378. The molecule has 1 atom stereocenters. The maximum Gasteiger partial charge on any atom is 0.241 e. The molecule has 2 aromatic rings. The normalized spacial score (nSPS) is 16.4. The summed E-state index contributed by atoms with van der Waals surface area (Å²) in [5, 5.41) is 0.633. The second-order valence-corrected chi connectivity index (χ2v) is 6.81. The minimum atomic E-state index is -3.57. The van der Waals surface area contributed by atoms with E-state index in [0.29, 0.717) is 23.4 Å². The number of hydrogen-bond donors (Lipinski definition) is 2. The van der Waals surface area contributed by atoms with Crippen LogP contribution in [0.5, 0.6) is 0 Å². The Morgan fingerprint density at radius 2 is 2.05 bits per heavy atom. The number of nitrogens with one attached hydrogen (secondary N) is 1. The monoisotopic (exact) mass is 327 g/mol. The van der Waals surface area contributed by atoms with E-state index in [9.17, 15) is 8.42 Å². The summed E-state index contributed by atoms with van der Waals surface area (Å²) in [5.41, 5.74) is 6.34. The maximum atomic E-state index is 12.6. The van der Waals surface area contributed by atoms with Crippen molar-refractivity contribution in [2.24, 2.45) is 11.7 Å². The lowest BCUT2D eigenvalue weighted by Crippen LogP contribution is -2.41. The zero-order valence-electron chi connectivity index (χ0n) is 11.4. The fraction of sp³-hybridized carbons (Fsp3) is 0.357. The van der Waals surface area contributed by atoms with Crippen LogP contribution in [0.25, 0.3) is 10.9 Å². The Morgan fingerprint density at radius 3 is 2.71 bits per heavy atom. The van der Waals surface area contributed by atoms with Crippen LogP contribution in [-0.4, -0.2) is 26.0 Å². The molecule has 3 N–H and O–H groups in total. The van der Waals surface area contributed by atoms with E-state index in [1.54, 1.807) is 36.5 Å². The van der Waals surface area contributed by atoms with Crippen molar-refractivity contribution < 1.29 is 8.42 Å². The van der Waals surface area contributed by atoms with Gasteiger partial charge in [0, 0.05) is 24.2 Å². The maximum absolute atomic E-state index is 12.6. The molecular weight excluding hydrogens is 310 g/mol. The Morgan fingerprint density at radius 1 is 1.29 bits per heavy atom. The average molecular weight is 328 g/mol. The molecule has 1 aliphatic carbocycles. The molecule has 0 radical (unpaired) electrons. The van der Waals surface area contributed by atoms with Crippen LogP contribution in [0.3, 0.4) is 0 Å². The van der Waals surface area contributed by atoms with Crippen molar-refractivity contribution in [2.45, 2.75) is 23.8 Å². The molecule has 5 nitrogen and oxygen atoms in total. The van der Waals surface area contributed by atoms with E-state index in [0.717, 1.165) is 12.8 Å². The summed E-state index contributed by atoms with van der Waals surface area (Å²) in [4.78, 5) is 4.45. The van der Waals surface area contributed by atoms with Crippen molar-refractivity contribution in [3.63, 3.8) is 0 Å². The predicted octanol–water partition coefficient (Wildman–Crippen LogP) is 1.67. The number of hydrogen-bond acceptors (Lipinski definition) is 4. The molecule has 3 rings (SSSR count). The number of nitrogens with two attached hydrogens (primary N) is 1.